The SMILES string of the molecule is CC1CCN(C(=O)c2cc(F)c(F)cc2C(=O)O)CC1. The summed E-state index contributed by atoms with van der Waals surface area (Å²) in [5.41, 5.74) is -0.807. The van der Waals surface area contributed by atoms with Crippen molar-refractivity contribution in [3.8, 4) is 0 Å². The van der Waals surface area contributed by atoms with E-state index in [1.807, 2.05) is 0 Å². The topological polar surface area (TPSA) is 57.6 Å². The van der Waals surface area contributed by atoms with Gasteiger partial charge in [-0.1, -0.05) is 6.92 Å². The van der Waals surface area contributed by atoms with Crippen LogP contribution in [0.3, 0.4) is 0 Å². The average Bonchev–Trinajstić information content (AvgIpc) is 2.41. The molecule has 0 aliphatic carbocycles. The highest BCUT2D eigenvalue weighted by Crippen LogP contribution is 2.21. The molecule has 0 spiro atoms. The Hall–Kier alpha value is -1.98. The Morgan fingerprint density at radius 3 is 2.15 bits per heavy atom. The summed E-state index contributed by atoms with van der Waals surface area (Å²) in [7, 11) is 0. The Labute approximate surface area is 115 Å². The molecule has 0 unspecified atom stereocenters. The van der Waals surface area contributed by atoms with E-state index in [-0.39, 0.29) is 5.56 Å². The van der Waals surface area contributed by atoms with Gasteiger partial charge in [0.05, 0.1) is 11.1 Å². The molecule has 2 rings (SSSR count). The number of hydrogen-bond donors (Lipinski definition) is 1. The van der Waals surface area contributed by atoms with Gasteiger partial charge in [0.25, 0.3) is 5.91 Å². The third kappa shape index (κ3) is 2.79. The lowest BCUT2D eigenvalue weighted by Gasteiger charge is -2.30. The highest BCUT2D eigenvalue weighted by atomic mass is 19.2. The van der Waals surface area contributed by atoms with Crippen molar-refractivity contribution >= 4 is 11.9 Å². The molecule has 0 saturated carbocycles. The number of carbonyl (C=O) groups is 2. The number of hydrogen-bond acceptors (Lipinski definition) is 2. The predicted molar refractivity (Wildman–Crippen MR) is 67.6 cm³/mol. The maximum Gasteiger partial charge on any atom is 0.336 e. The number of carboxylic acid groups (broad SMARTS) is 1. The van der Waals surface area contributed by atoms with Gasteiger partial charge in [-0.15, -0.1) is 0 Å². The van der Waals surface area contributed by atoms with Gasteiger partial charge in [-0.3, -0.25) is 4.79 Å². The number of benzene rings is 1. The van der Waals surface area contributed by atoms with Crippen molar-refractivity contribution < 1.29 is 23.5 Å². The summed E-state index contributed by atoms with van der Waals surface area (Å²) in [5, 5.41) is 9.01. The van der Waals surface area contributed by atoms with E-state index in [9.17, 15) is 18.4 Å². The Bertz CT molecular complexity index is 552. The lowest BCUT2D eigenvalue weighted by molar-refractivity contribution is 0.0653. The van der Waals surface area contributed by atoms with Gasteiger partial charge in [0.15, 0.2) is 11.6 Å². The highest BCUT2D eigenvalue weighted by molar-refractivity contribution is 6.04. The number of amides is 1. The molecule has 4 nitrogen and oxygen atoms in total. The van der Waals surface area contributed by atoms with Gasteiger partial charge in [0.2, 0.25) is 0 Å². The van der Waals surface area contributed by atoms with Crippen molar-refractivity contribution in [2.75, 3.05) is 13.1 Å². The smallest absolute Gasteiger partial charge is 0.336 e. The minimum atomic E-state index is -1.45. The summed E-state index contributed by atoms with van der Waals surface area (Å²) in [6.45, 7) is 3.07. The zero-order chi connectivity index (χ0) is 14.9. The van der Waals surface area contributed by atoms with Gasteiger partial charge in [-0.05, 0) is 30.9 Å². The maximum atomic E-state index is 13.3. The van der Waals surface area contributed by atoms with Crippen LogP contribution >= 0.6 is 0 Å². The van der Waals surface area contributed by atoms with Gasteiger partial charge in [-0.25, -0.2) is 13.6 Å². The van der Waals surface area contributed by atoms with Crippen molar-refractivity contribution in [1.29, 1.82) is 0 Å². The van der Waals surface area contributed by atoms with Crippen LogP contribution in [0.5, 0.6) is 0 Å². The first kappa shape index (κ1) is 14.4. The van der Waals surface area contributed by atoms with Crippen LogP contribution in [-0.4, -0.2) is 35.0 Å². The monoisotopic (exact) mass is 283 g/mol. The maximum absolute atomic E-state index is 13.3. The second-order valence-corrected chi connectivity index (χ2v) is 5.09. The molecule has 1 N–H and O–H groups in total. The summed E-state index contributed by atoms with van der Waals surface area (Å²) in [6, 6.07) is 1.22. The van der Waals surface area contributed by atoms with Gasteiger partial charge < -0.3 is 10.0 Å². The van der Waals surface area contributed by atoms with E-state index < -0.39 is 29.1 Å². The van der Waals surface area contributed by atoms with Crippen LogP contribution in [0.1, 0.15) is 40.5 Å². The van der Waals surface area contributed by atoms with Crippen molar-refractivity contribution in [2.24, 2.45) is 5.92 Å². The van der Waals surface area contributed by atoms with E-state index in [1.54, 1.807) is 0 Å². The predicted octanol–water partition coefficient (Wildman–Crippen LogP) is 2.54. The molecule has 0 aromatic heterocycles. The first-order valence-electron chi connectivity index (χ1n) is 6.41. The largest absolute Gasteiger partial charge is 0.478 e. The number of carboxylic acids is 1. The molecule has 20 heavy (non-hydrogen) atoms. The minimum absolute atomic E-state index is 0.300. The molecular weight excluding hydrogens is 268 g/mol. The summed E-state index contributed by atoms with van der Waals surface area (Å²) in [6.07, 6.45) is 1.63. The fourth-order valence-corrected chi connectivity index (χ4v) is 2.28. The van der Waals surface area contributed by atoms with Crippen LogP contribution in [0.25, 0.3) is 0 Å². The van der Waals surface area contributed by atoms with Crippen LogP contribution in [0, 0.1) is 17.6 Å². The molecule has 0 radical (unpaired) electrons. The summed E-state index contributed by atoms with van der Waals surface area (Å²) in [5.74, 6) is -4.00. The van der Waals surface area contributed by atoms with Crippen LogP contribution in [0.2, 0.25) is 0 Å². The van der Waals surface area contributed by atoms with Gasteiger partial charge >= 0.3 is 5.97 Å². The minimum Gasteiger partial charge on any atom is -0.478 e. The van der Waals surface area contributed by atoms with E-state index in [4.69, 9.17) is 5.11 Å². The quantitative estimate of drug-likeness (QED) is 0.907. The Balaban J connectivity index is 2.34. The lowest BCUT2D eigenvalue weighted by atomic mass is 9.97. The number of halogens is 2. The van der Waals surface area contributed by atoms with Crippen LogP contribution < -0.4 is 0 Å². The normalized spacial score (nSPS) is 16.2. The molecule has 108 valence electrons. The molecule has 1 aromatic rings. The number of rotatable bonds is 2. The molecule has 0 bridgehead atoms. The van der Waals surface area contributed by atoms with Crippen LogP contribution in [0.15, 0.2) is 12.1 Å². The molecule has 1 heterocycles. The fourth-order valence-electron chi connectivity index (χ4n) is 2.28. The van der Waals surface area contributed by atoms with Crippen LogP contribution in [0.4, 0.5) is 8.78 Å². The van der Waals surface area contributed by atoms with Crippen LogP contribution in [-0.2, 0) is 0 Å². The van der Waals surface area contributed by atoms with Crippen molar-refractivity contribution in [3.05, 3.63) is 34.9 Å². The first-order chi connectivity index (χ1) is 9.40. The Morgan fingerprint density at radius 2 is 1.65 bits per heavy atom. The molecule has 1 aliphatic rings. The van der Waals surface area contributed by atoms with E-state index in [1.165, 1.54) is 4.90 Å². The van der Waals surface area contributed by atoms with Crippen molar-refractivity contribution in [3.63, 3.8) is 0 Å². The Morgan fingerprint density at radius 1 is 1.15 bits per heavy atom. The van der Waals surface area contributed by atoms with E-state index in [0.717, 1.165) is 12.8 Å². The summed E-state index contributed by atoms with van der Waals surface area (Å²) < 4.78 is 26.4. The second kappa shape index (κ2) is 5.56. The molecule has 6 heteroatoms. The van der Waals surface area contributed by atoms with Gasteiger partial charge in [0, 0.05) is 13.1 Å². The van der Waals surface area contributed by atoms with E-state index >= 15 is 0 Å². The molecule has 1 saturated heterocycles. The zero-order valence-corrected chi connectivity index (χ0v) is 11.0. The molecule has 1 aliphatic heterocycles. The highest BCUT2D eigenvalue weighted by Gasteiger charge is 2.26. The Kier molecular flexibility index (Phi) is 4.01. The third-order valence-electron chi connectivity index (χ3n) is 3.59. The first-order valence-corrected chi connectivity index (χ1v) is 6.41. The molecule has 0 atom stereocenters. The lowest BCUT2D eigenvalue weighted by Crippen LogP contribution is -2.38. The second-order valence-electron chi connectivity index (χ2n) is 5.09. The van der Waals surface area contributed by atoms with Gasteiger partial charge in [-0.2, -0.15) is 0 Å². The summed E-state index contributed by atoms with van der Waals surface area (Å²) >= 11 is 0. The number of likely N-dealkylation sites (tertiary alicyclic amines) is 1. The molecule has 1 aromatic carbocycles. The average molecular weight is 283 g/mol. The number of piperidine rings is 1. The number of aromatic carboxylic acids is 1. The van der Waals surface area contributed by atoms with Crippen molar-refractivity contribution in [2.45, 2.75) is 19.8 Å². The standard InChI is InChI=1S/C14H15F2NO3/c1-8-2-4-17(5-3-8)13(18)9-6-11(15)12(16)7-10(9)14(19)20/h6-8H,2-5H2,1H3,(H,19,20). The fraction of sp³-hybridized carbons (Fsp3) is 0.429. The van der Waals surface area contributed by atoms with E-state index in [2.05, 4.69) is 6.92 Å². The molecule has 1 amide bonds. The third-order valence-corrected chi connectivity index (χ3v) is 3.59. The number of carbonyl (C=O) groups excluding carboxylic acids is 1. The summed E-state index contributed by atoms with van der Waals surface area (Å²) in [4.78, 5) is 24.8. The van der Waals surface area contributed by atoms with E-state index in [0.29, 0.717) is 31.1 Å². The molecular formula is C14H15F2NO3. The van der Waals surface area contributed by atoms with Gasteiger partial charge in [0.1, 0.15) is 0 Å². The number of nitrogens with zero attached hydrogens (tertiary/aromatic N) is 1. The zero-order valence-electron chi connectivity index (χ0n) is 11.0. The van der Waals surface area contributed by atoms with Crippen molar-refractivity contribution in [1.82, 2.24) is 4.90 Å². The molecule has 1 fully saturated rings.